The molecule has 0 spiro atoms. The van der Waals surface area contributed by atoms with Gasteiger partial charge < -0.3 is 9.84 Å². The van der Waals surface area contributed by atoms with Crippen LogP contribution in [-0.4, -0.2) is 24.3 Å². The van der Waals surface area contributed by atoms with Crippen LogP contribution in [0.5, 0.6) is 0 Å². The van der Waals surface area contributed by atoms with Gasteiger partial charge in [-0.2, -0.15) is 0 Å². The molecule has 3 heteroatoms. The van der Waals surface area contributed by atoms with Crippen molar-refractivity contribution >= 4 is 5.97 Å². The molecule has 0 aliphatic heterocycles. The van der Waals surface area contributed by atoms with Crippen molar-refractivity contribution in [1.82, 2.24) is 0 Å². The summed E-state index contributed by atoms with van der Waals surface area (Å²) >= 11 is 0. The van der Waals surface area contributed by atoms with E-state index in [1.54, 1.807) is 0 Å². The highest BCUT2D eigenvalue weighted by Crippen LogP contribution is 2.62. The summed E-state index contributed by atoms with van der Waals surface area (Å²) < 4.78 is 5.72. The molecule has 0 aromatic rings. The zero-order valence-corrected chi connectivity index (χ0v) is 13.7. The fourth-order valence-electron chi connectivity index (χ4n) is 5.20. The lowest BCUT2D eigenvalue weighted by atomic mass is 9.45. The Morgan fingerprint density at radius 1 is 1.14 bits per heavy atom. The van der Waals surface area contributed by atoms with Crippen molar-refractivity contribution in [1.29, 1.82) is 0 Å². The molecule has 0 heterocycles. The third-order valence-corrected chi connectivity index (χ3v) is 6.97. The summed E-state index contributed by atoms with van der Waals surface area (Å²) in [4.78, 5) is 12.3. The summed E-state index contributed by atoms with van der Waals surface area (Å²) in [6, 6.07) is 0. The Balaban J connectivity index is 1.71. The van der Waals surface area contributed by atoms with Crippen LogP contribution < -0.4 is 0 Å². The highest BCUT2D eigenvalue weighted by atomic mass is 16.5. The minimum absolute atomic E-state index is 0.105. The van der Waals surface area contributed by atoms with Crippen molar-refractivity contribution in [2.75, 3.05) is 13.2 Å². The zero-order valence-electron chi connectivity index (χ0n) is 13.7. The third kappa shape index (κ3) is 2.42. The summed E-state index contributed by atoms with van der Waals surface area (Å²) in [6.07, 6.45) is 7.14. The van der Waals surface area contributed by atoms with Gasteiger partial charge in [0.1, 0.15) is 0 Å². The van der Waals surface area contributed by atoms with Crippen molar-refractivity contribution in [3.8, 4) is 0 Å². The summed E-state index contributed by atoms with van der Waals surface area (Å²) in [5, 5.41) is 10.1. The van der Waals surface area contributed by atoms with Gasteiger partial charge in [-0.05, 0) is 76.0 Å². The summed E-state index contributed by atoms with van der Waals surface area (Å²) in [5.74, 6) is 2.77. The van der Waals surface area contributed by atoms with Crippen LogP contribution in [0, 0.1) is 34.5 Å². The Bertz CT molecular complexity index is 385. The van der Waals surface area contributed by atoms with Crippen LogP contribution >= 0.6 is 0 Å². The van der Waals surface area contributed by atoms with Gasteiger partial charge in [0.15, 0.2) is 0 Å². The van der Waals surface area contributed by atoms with Crippen molar-refractivity contribution in [2.24, 2.45) is 34.5 Å². The lowest BCUT2D eigenvalue weighted by Gasteiger charge is -2.60. The fraction of sp³-hybridized carbons (Fsp3) is 0.944. The molecule has 0 aromatic carbocycles. The zero-order chi connectivity index (χ0) is 15.3. The SMILES string of the molecule is CCC(C)(C)C(=O)OCC1(CO)C2CC3CC(C2)CC1C3. The molecule has 4 bridgehead atoms. The predicted octanol–water partition coefficient (Wildman–Crippen LogP) is 3.40. The molecule has 4 aliphatic rings. The highest BCUT2D eigenvalue weighted by Gasteiger charge is 2.57. The number of aliphatic hydroxyl groups excluding tert-OH is 1. The molecule has 21 heavy (non-hydrogen) atoms. The van der Waals surface area contributed by atoms with E-state index < -0.39 is 5.41 Å². The first-order valence-electron chi connectivity index (χ1n) is 8.69. The third-order valence-electron chi connectivity index (χ3n) is 6.97. The molecule has 3 nitrogen and oxygen atoms in total. The number of esters is 1. The Morgan fingerprint density at radius 3 is 2.10 bits per heavy atom. The van der Waals surface area contributed by atoms with Gasteiger partial charge in [-0.15, -0.1) is 0 Å². The molecule has 0 atom stereocenters. The lowest BCUT2D eigenvalue weighted by molar-refractivity contribution is -0.183. The summed E-state index contributed by atoms with van der Waals surface area (Å²) in [7, 11) is 0. The standard InChI is InChI=1S/C18H30O3/c1-4-17(2,3)16(20)21-11-18(10-19)14-6-12-5-13(8-14)9-15(18)7-12/h12-15,19H,4-11H2,1-3H3. The first-order chi connectivity index (χ1) is 9.91. The number of aliphatic hydroxyl groups is 1. The second kappa shape index (κ2) is 5.26. The molecule has 4 aliphatic carbocycles. The number of carbonyl (C=O) groups excluding carboxylic acids is 1. The van der Waals surface area contributed by atoms with Gasteiger partial charge in [-0.3, -0.25) is 4.79 Å². The Hall–Kier alpha value is -0.570. The van der Waals surface area contributed by atoms with E-state index in [0.717, 1.165) is 18.3 Å². The van der Waals surface area contributed by atoms with E-state index in [2.05, 4.69) is 0 Å². The molecule has 4 fully saturated rings. The Morgan fingerprint density at radius 2 is 1.67 bits per heavy atom. The molecule has 4 saturated carbocycles. The van der Waals surface area contributed by atoms with Crippen molar-refractivity contribution in [3.05, 3.63) is 0 Å². The number of rotatable bonds is 5. The number of hydrogen-bond donors (Lipinski definition) is 1. The second-order valence-corrected chi connectivity index (χ2v) is 8.51. The average molecular weight is 294 g/mol. The molecule has 0 radical (unpaired) electrons. The van der Waals surface area contributed by atoms with Gasteiger partial charge in [-0.25, -0.2) is 0 Å². The summed E-state index contributed by atoms with van der Waals surface area (Å²) in [6.45, 7) is 6.52. The maximum atomic E-state index is 12.3. The summed E-state index contributed by atoms with van der Waals surface area (Å²) in [5.41, 5.74) is -0.560. The van der Waals surface area contributed by atoms with Gasteiger partial charge in [0.2, 0.25) is 0 Å². The topological polar surface area (TPSA) is 46.5 Å². The molecule has 0 unspecified atom stereocenters. The molecule has 4 rings (SSSR count). The van der Waals surface area contributed by atoms with Crippen molar-refractivity contribution in [3.63, 3.8) is 0 Å². The van der Waals surface area contributed by atoms with Crippen LogP contribution in [0.1, 0.15) is 59.3 Å². The fourth-order valence-corrected chi connectivity index (χ4v) is 5.20. The Labute approximate surface area is 128 Å². The van der Waals surface area contributed by atoms with Crippen LogP contribution in [0.3, 0.4) is 0 Å². The molecular weight excluding hydrogens is 264 g/mol. The first-order valence-corrected chi connectivity index (χ1v) is 8.69. The van der Waals surface area contributed by atoms with E-state index in [1.165, 1.54) is 32.1 Å². The van der Waals surface area contributed by atoms with Gasteiger partial charge in [0.25, 0.3) is 0 Å². The van der Waals surface area contributed by atoms with E-state index in [9.17, 15) is 9.90 Å². The molecule has 0 saturated heterocycles. The van der Waals surface area contributed by atoms with Gasteiger partial charge in [0, 0.05) is 5.41 Å². The van der Waals surface area contributed by atoms with Crippen LogP contribution in [0.25, 0.3) is 0 Å². The van der Waals surface area contributed by atoms with Crippen LogP contribution in [-0.2, 0) is 9.53 Å². The minimum Gasteiger partial charge on any atom is -0.465 e. The lowest BCUT2D eigenvalue weighted by Crippen LogP contribution is -2.57. The highest BCUT2D eigenvalue weighted by molar-refractivity contribution is 5.75. The largest absolute Gasteiger partial charge is 0.465 e. The van der Waals surface area contributed by atoms with Crippen LogP contribution in [0.15, 0.2) is 0 Å². The van der Waals surface area contributed by atoms with E-state index in [0.29, 0.717) is 18.4 Å². The van der Waals surface area contributed by atoms with Gasteiger partial charge >= 0.3 is 5.97 Å². The minimum atomic E-state index is -0.414. The normalized spacial score (nSPS) is 41.3. The Kier molecular flexibility index (Phi) is 3.84. The number of carbonyl (C=O) groups is 1. The van der Waals surface area contributed by atoms with Gasteiger partial charge in [0.05, 0.1) is 18.6 Å². The van der Waals surface area contributed by atoms with E-state index in [4.69, 9.17) is 4.74 Å². The van der Waals surface area contributed by atoms with Gasteiger partial charge in [-0.1, -0.05) is 6.92 Å². The average Bonchev–Trinajstić information content (AvgIpc) is 2.46. The van der Waals surface area contributed by atoms with Crippen molar-refractivity contribution in [2.45, 2.75) is 59.3 Å². The maximum absolute atomic E-state index is 12.3. The molecule has 0 amide bonds. The quantitative estimate of drug-likeness (QED) is 0.791. The number of ether oxygens (including phenoxy) is 1. The van der Waals surface area contributed by atoms with Crippen molar-refractivity contribution < 1.29 is 14.6 Å². The first kappa shape index (κ1) is 15.3. The van der Waals surface area contributed by atoms with E-state index in [-0.39, 0.29) is 18.0 Å². The predicted molar refractivity (Wildman–Crippen MR) is 81.6 cm³/mol. The van der Waals surface area contributed by atoms with Crippen LogP contribution in [0.2, 0.25) is 0 Å². The van der Waals surface area contributed by atoms with E-state index >= 15 is 0 Å². The second-order valence-electron chi connectivity index (χ2n) is 8.51. The van der Waals surface area contributed by atoms with E-state index in [1.807, 2.05) is 20.8 Å². The molecule has 0 aromatic heterocycles. The number of hydrogen-bond acceptors (Lipinski definition) is 3. The van der Waals surface area contributed by atoms with Crippen LogP contribution in [0.4, 0.5) is 0 Å². The maximum Gasteiger partial charge on any atom is 0.311 e. The smallest absolute Gasteiger partial charge is 0.311 e. The molecular formula is C18H30O3. The molecule has 120 valence electrons. The molecule has 1 N–H and O–H groups in total. The monoisotopic (exact) mass is 294 g/mol.